The Hall–Kier alpha value is -3.02. The van der Waals surface area contributed by atoms with Crippen LogP contribution in [0.5, 0.6) is 5.75 Å². The van der Waals surface area contributed by atoms with E-state index in [0.29, 0.717) is 22.6 Å². The number of benzene rings is 2. The highest BCUT2D eigenvalue weighted by Crippen LogP contribution is 2.30. The first-order valence-electron chi connectivity index (χ1n) is 10.8. The van der Waals surface area contributed by atoms with Gasteiger partial charge in [0.25, 0.3) is 11.8 Å². The van der Waals surface area contributed by atoms with E-state index in [1.807, 2.05) is 29.2 Å². The number of nitrogens with zero attached hydrogens (tertiary/aromatic N) is 2. The Balaban J connectivity index is 1.63. The van der Waals surface area contributed by atoms with E-state index in [9.17, 15) is 9.59 Å². The highest BCUT2D eigenvalue weighted by atomic mass is 16.5. The van der Waals surface area contributed by atoms with Crippen LogP contribution in [0.25, 0.3) is 0 Å². The Morgan fingerprint density at radius 3 is 2.30 bits per heavy atom. The van der Waals surface area contributed by atoms with E-state index in [-0.39, 0.29) is 11.8 Å². The van der Waals surface area contributed by atoms with E-state index in [2.05, 4.69) is 10.2 Å². The molecule has 0 radical (unpaired) electrons. The van der Waals surface area contributed by atoms with Gasteiger partial charge in [0.1, 0.15) is 5.75 Å². The summed E-state index contributed by atoms with van der Waals surface area (Å²) >= 11 is 0. The first-order chi connectivity index (χ1) is 14.7. The average Bonchev–Trinajstić information content (AvgIpc) is 3.34. The predicted molar refractivity (Wildman–Crippen MR) is 119 cm³/mol. The molecule has 2 amide bonds. The highest BCUT2D eigenvalue weighted by Gasteiger charge is 2.25. The summed E-state index contributed by atoms with van der Waals surface area (Å²) in [6.07, 6.45) is 5.62. The van der Waals surface area contributed by atoms with E-state index in [0.717, 1.165) is 57.5 Å². The Bertz CT molecular complexity index is 916. The molecular formula is C24H29N3O3. The van der Waals surface area contributed by atoms with Gasteiger partial charge in [-0.25, -0.2) is 0 Å². The molecular weight excluding hydrogens is 378 g/mol. The molecule has 6 nitrogen and oxygen atoms in total. The third kappa shape index (κ3) is 4.27. The van der Waals surface area contributed by atoms with E-state index >= 15 is 0 Å². The molecule has 2 aliphatic rings. The summed E-state index contributed by atoms with van der Waals surface area (Å²) in [7, 11) is 1.55. The fourth-order valence-electron chi connectivity index (χ4n) is 4.32. The molecule has 0 spiro atoms. The number of piperidine rings is 1. The Morgan fingerprint density at radius 2 is 1.57 bits per heavy atom. The van der Waals surface area contributed by atoms with Crippen LogP contribution in [0.2, 0.25) is 0 Å². The van der Waals surface area contributed by atoms with Gasteiger partial charge in [-0.1, -0.05) is 12.1 Å². The number of carbonyl (C=O) groups excluding carboxylic acids is 2. The van der Waals surface area contributed by atoms with Gasteiger partial charge in [-0.3, -0.25) is 9.59 Å². The number of para-hydroxylation sites is 1. The minimum absolute atomic E-state index is 0.0569. The number of nitrogens with one attached hydrogen (secondary N) is 1. The van der Waals surface area contributed by atoms with Crippen molar-refractivity contribution >= 4 is 23.2 Å². The van der Waals surface area contributed by atoms with E-state index in [1.54, 1.807) is 25.3 Å². The third-order valence-electron chi connectivity index (χ3n) is 5.93. The molecule has 6 heteroatoms. The summed E-state index contributed by atoms with van der Waals surface area (Å²) < 4.78 is 5.30. The molecule has 0 saturated carbocycles. The lowest BCUT2D eigenvalue weighted by molar-refractivity contribution is 0.0793. The number of amides is 2. The van der Waals surface area contributed by atoms with Gasteiger partial charge in [0.15, 0.2) is 0 Å². The number of anilines is 2. The number of ether oxygens (including phenoxy) is 1. The molecule has 0 atom stereocenters. The molecule has 2 aromatic carbocycles. The highest BCUT2D eigenvalue weighted by molar-refractivity contribution is 6.07. The molecule has 0 bridgehead atoms. The van der Waals surface area contributed by atoms with Crippen LogP contribution >= 0.6 is 0 Å². The smallest absolute Gasteiger partial charge is 0.259 e. The quantitative estimate of drug-likeness (QED) is 0.808. The van der Waals surface area contributed by atoms with Crippen LogP contribution in [0.15, 0.2) is 42.5 Å². The molecule has 0 unspecified atom stereocenters. The van der Waals surface area contributed by atoms with Crippen molar-refractivity contribution in [3.05, 3.63) is 53.6 Å². The number of carbonyl (C=O) groups is 2. The van der Waals surface area contributed by atoms with Crippen LogP contribution in [0, 0.1) is 0 Å². The van der Waals surface area contributed by atoms with Crippen molar-refractivity contribution < 1.29 is 14.3 Å². The Morgan fingerprint density at radius 1 is 0.867 bits per heavy atom. The first kappa shape index (κ1) is 20.3. The summed E-state index contributed by atoms with van der Waals surface area (Å²) in [5.74, 6) is 0.326. The topological polar surface area (TPSA) is 61.9 Å². The second kappa shape index (κ2) is 9.20. The predicted octanol–water partition coefficient (Wildman–Crippen LogP) is 4.17. The number of methoxy groups -OCH3 is 1. The molecule has 30 heavy (non-hydrogen) atoms. The fourth-order valence-corrected chi connectivity index (χ4v) is 4.32. The lowest BCUT2D eigenvalue weighted by atomic mass is 10.0. The van der Waals surface area contributed by atoms with Gasteiger partial charge in [-0.2, -0.15) is 0 Å². The normalized spacial score (nSPS) is 16.4. The van der Waals surface area contributed by atoms with Gasteiger partial charge >= 0.3 is 0 Å². The van der Waals surface area contributed by atoms with Gasteiger partial charge in [0, 0.05) is 37.6 Å². The van der Waals surface area contributed by atoms with Crippen molar-refractivity contribution in [1.29, 1.82) is 0 Å². The molecule has 2 saturated heterocycles. The molecule has 2 aliphatic heterocycles. The van der Waals surface area contributed by atoms with Crippen LogP contribution in [0.1, 0.15) is 52.8 Å². The molecule has 1 N–H and O–H groups in total. The van der Waals surface area contributed by atoms with Crippen molar-refractivity contribution in [2.24, 2.45) is 0 Å². The van der Waals surface area contributed by atoms with E-state index < -0.39 is 0 Å². The van der Waals surface area contributed by atoms with Crippen LogP contribution in [-0.2, 0) is 0 Å². The molecule has 0 aromatic heterocycles. The van der Waals surface area contributed by atoms with Crippen LogP contribution in [0.3, 0.4) is 0 Å². The minimum Gasteiger partial charge on any atom is -0.496 e. The second-order valence-corrected chi connectivity index (χ2v) is 7.93. The first-order valence-corrected chi connectivity index (χ1v) is 10.8. The second-order valence-electron chi connectivity index (χ2n) is 7.93. The monoisotopic (exact) mass is 407 g/mol. The van der Waals surface area contributed by atoms with Crippen LogP contribution in [0.4, 0.5) is 11.4 Å². The maximum absolute atomic E-state index is 13.3. The van der Waals surface area contributed by atoms with Crippen molar-refractivity contribution in [2.45, 2.75) is 32.1 Å². The van der Waals surface area contributed by atoms with Crippen molar-refractivity contribution in [1.82, 2.24) is 4.90 Å². The zero-order chi connectivity index (χ0) is 20.9. The van der Waals surface area contributed by atoms with Gasteiger partial charge in [0.05, 0.1) is 18.2 Å². The summed E-state index contributed by atoms with van der Waals surface area (Å²) in [6.45, 7) is 3.53. The SMILES string of the molecule is COc1ccccc1C(=O)Nc1ccc(N2CCCCC2)c(C(=O)N2CCCC2)c1. The maximum atomic E-state index is 13.3. The van der Waals surface area contributed by atoms with Crippen molar-refractivity contribution in [3.63, 3.8) is 0 Å². The zero-order valence-corrected chi connectivity index (χ0v) is 17.5. The van der Waals surface area contributed by atoms with Crippen molar-refractivity contribution in [2.75, 3.05) is 43.5 Å². The maximum Gasteiger partial charge on any atom is 0.259 e. The van der Waals surface area contributed by atoms with E-state index in [1.165, 1.54) is 6.42 Å². The van der Waals surface area contributed by atoms with Crippen LogP contribution < -0.4 is 15.0 Å². The molecule has 2 heterocycles. The summed E-state index contributed by atoms with van der Waals surface area (Å²) in [5, 5.41) is 2.94. The van der Waals surface area contributed by atoms with Gasteiger partial charge in [0.2, 0.25) is 0 Å². The third-order valence-corrected chi connectivity index (χ3v) is 5.93. The van der Waals surface area contributed by atoms with Crippen molar-refractivity contribution in [3.8, 4) is 5.75 Å². The van der Waals surface area contributed by atoms with Crippen LogP contribution in [-0.4, -0.2) is 50.0 Å². The summed E-state index contributed by atoms with van der Waals surface area (Å²) in [6, 6.07) is 12.8. The molecule has 2 fully saturated rings. The molecule has 2 aromatic rings. The van der Waals surface area contributed by atoms with Gasteiger partial charge in [-0.05, 0) is 62.4 Å². The average molecular weight is 408 g/mol. The standard InChI is InChI=1S/C24H29N3O3/c1-30-22-10-4-3-9-19(22)23(28)25-18-11-12-21(26-13-5-2-6-14-26)20(17-18)24(29)27-15-7-8-16-27/h3-4,9-12,17H,2,5-8,13-16H2,1H3,(H,25,28). The number of rotatable bonds is 5. The van der Waals surface area contributed by atoms with Gasteiger partial charge in [-0.15, -0.1) is 0 Å². The largest absolute Gasteiger partial charge is 0.496 e. The summed E-state index contributed by atoms with van der Waals surface area (Å²) in [4.78, 5) is 30.3. The summed E-state index contributed by atoms with van der Waals surface area (Å²) in [5.41, 5.74) is 2.74. The van der Waals surface area contributed by atoms with Gasteiger partial charge < -0.3 is 19.9 Å². The van der Waals surface area contributed by atoms with E-state index in [4.69, 9.17) is 4.74 Å². The zero-order valence-electron chi connectivity index (χ0n) is 17.5. The Labute approximate surface area is 177 Å². The lowest BCUT2D eigenvalue weighted by Crippen LogP contribution is -2.34. The number of likely N-dealkylation sites (tertiary alicyclic amines) is 1. The molecule has 4 rings (SSSR count). The minimum atomic E-state index is -0.252. The Kier molecular flexibility index (Phi) is 6.21. The number of hydrogen-bond donors (Lipinski definition) is 1. The molecule has 158 valence electrons. The lowest BCUT2D eigenvalue weighted by Gasteiger charge is -2.31. The number of hydrogen-bond acceptors (Lipinski definition) is 4. The molecule has 0 aliphatic carbocycles. The fraction of sp³-hybridized carbons (Fsp3) is 0.417.